The highest BCUT2D eigenvalue weighted by Crippen LogP contribution is 2.44. The fraction of sp³-hybridized carbons (Fsp3) is 0.571. The summed E-state index contributed by atoms with van der Waals surface area (Å²) in [6.45, 7) is 6.51. The Morgan fingerprint density at radius 2 is 2.12 bits per heavy atom. The zero-order chi connectivity index (χ0) is 12.6. The Bertz CT molecular complexity index is 415. The highest BCUT2D eigenvalue weighted by Gasteiger charge is 2.48. The molecule has 2 atom stereocenters. The fourth-order valence-corrected chi connectivity index (χ4v) is 2.53. The van der Waals surface area contributed by atoms with Crippen LogP contribution in [0.5, 0.6) is 0 Å². The molecule has 0 heterocycles. The number of benzene rings is 1. The van der Waals surface area contributed by atoms with Gasteiger partial charge >= 0.3 is 0 Å². The van der Waals surface area contributed by atoms with Crippen molar-refractivity contribution < 1.29 is 4.74 Å². The Balaban J connectivity index is 2.08. The summed E-state index contributed by atoms with van der Waals surface area (Å²) in [5.74, 6) is 0. The number of rotatable bonds is 3. The third-order valence-electron chi connectivity index (χ3n) is 4.00. The number of nitrogen functional groups attached to an aromatic ring is 1. The van der Waals surface area contributed by atoms with Gasteiger partial charge in [-0.2, -0.15) is 0 Å². The van der Waals surface area contributed by atoms with Crippen molar-refractivity contribution in [3.63, 3.8) is 0 Å². The molecule has 3 N–H and O–H groups in total. The summed E-state index contributed by atoms with van der Waals surface area (Å²) in [7, 11) is 1.78. The number of nitrogens with one attached hydrogen (secondary N) is 1. The molecule has 17 heavy (non-hydrogen) atoms. The van der Waals surface area contributed by atoms with E-state index in [1.165, 1.54) is 5.56 Å². The van der Waals surface area contributed by atoms with Gasteiger partial charge in [0.1, 0.15) is 0 Å². The minimum atomic E-state index is 0.159. The van der Waals surface area contributed by atoms with E-state index >= 15 is 0 Å². The van der Waals surface area contributed by atoms with Gasteiger partial charge in [-0.1, -0.05) is 19.9 Å². The van der Waals surface area contributed by atoms with E-state index in [-0.39, 0.29) is 5.41 Å². The molecule has 0 bridgehead atoms. The average Bonchev–Trinajstić information content (AvgIpc) is 2.26. The summed E-state index contributed by atoms with van der Waals surface area (Å²) in [5, 5.41) is 3.52. The molecule has 0 aliphatic heterocycles. The Morgan fingerprint density at radius 1 is 1.41 bits per heavy atom. The lowest BCUT2D eigenvalue weighted by molar-refractivity contribution is -0.0794. The molecular formula is C14H22N2O. The van der Waals surface area contributed by atoms with Crippen molar-refractivity contribution in [2.75, 3.05) is 18.2 Å². The number of aryl methyl sites for hydroxylation is 1. The summed E-state index contributed by atoms with van der Waals surface area (Å²) in [6.07, 6.45) is 1.38. The first-order chi connectivity index (χ1) is 7.95. The number of hydrogen-bond donors (Lipinski definition) is 2. The van der Waals surface area contributed by atoms with Crippen LogP contribution in [0.15, 0.2) is 18.2 Å². The zero-order valence-corrected chi connectivity index (χ0v) is 11.1. The van der Waals surface area contributed by atoms with Crippen molar-refractivity contribution >= 4 is 11.4 Å². The maximum absolute atomic E-state index is 6.01. The fourth-order valence-electron chi connectivity index (χ4n) is 2.53. The van der Waals surface area contributed by atoms with Gasteiger partial charge < -0.3 is 15.8 Å². The van der Waals surface area contributed by atoms with Crippen LogP contribution in [0.4, 0.5) is 11.4 Å². The molecule has 3 heteroatoms. The van der Waals surface area contributed by atoms with Crippen LogP contribution in [0.25, 0.3) is 0 Å². The highest BCUT2D eigenvalue weighted by atomic mass is 16.5. The Morgan fingerprint density at radius 3 is 2.65 bits per heavy atom. The lowest BCUT2D eigenvalue weighted by Crippen LogP contribution is -2.57. The van der Waals surface area contributed by atoms with Gasteiger partial charge in [0, 0.05) is 18.6 Å². The highest BCUT2D eigenvalue weighted by molar-refractivity contribution is 5.67. The lowest BCUT2D eigenvalue weighted by Gasteiger charge is -2.51. The van der Waals surface area contributed by atoms with Gasteiger partial charge in [0.05, 0.1) is 17.5 Å². The first-order valence-electron chi connectivity index (χ1n) is 6.10. The van der Waals surface area contributed by atoms with Gasteiger partial charge in [0.2, 0.25) is 0 Å². The van der Waals surface area contributed by atoms with Gasteiger partial charge in [-0.25, -0.2) is 0 Å². The molecule has 1 saturated carbocycles. The zero-order valence-electron chi connectivity index (χ0n) is 11.1. The Hall–Kier alpha value is -1.22. The van der Waals surface area contributed by atoms with Crippen LogP contribution in [0.1, 0.15) is 25.8 Å². The molecular weight excluding hydrogens is 212 g/mol. The van der Waals surface area contributed by atoms with E-state index in [9.17, 15) is 0 Å². The van der Waals surface area contributed by atoms with E-state index in [0.29, 0.717) is 12.1 Å². The first-order valence-corrected chi connectivity index (χ1v) is 6.10. The van der Waals surface area contributed by atoms with Crippen molar-refractivity contribution in [2.45, 2.75) is 39.3 Å². The third kappa shape index (κ3) is 2.12. The largest absolute Gasteiger partial charge is 0.397 e. The van der Waals surface area contributed by atoms with Gasteiger partial charge in [-0.3, -0.25) is 0 Å². The van der Waals surface area contributed by atoms with Crippen LogP contribution in [-0.4, -0.2) is 19.3 Å². The number of nitrogens with two attached hydrogens (primary N) is 1. The summed E-state index contributed by atoms with van der Waals surface area (Å²) in [6, 6.07) is 6.57. The Labute approximate surface area is 103 Å². The van der Waals surface area contributed by atoms with E-state index < -0.39 is 0 Å². The maximum Gasteiger partial charge on any atom is 0.0661 e. The SMILES string of the molecule is COC1CC(Nc2ccc(C)cc2N)C1(C)C. The predicted octanol–water partition coefficient (Wildman–Crippen LogP) is 2.80. The van der Waals surface area contributed by atoms with E-state index in [2.05, 4.69) is 31.3 Å². The number of anilines is 2. The smallest absolute Gasteiger partial charge is 0.0661 e. The molecule has 0 aromatic heterocycles. The van der Waals surface area contributed by atoms with Gasteiger partial charge in [-0.05, 0) is 31.0 Å². The summed E-state index contributed by atoms with van der Waals surface area (Å²) in [5.41, 5.74) is 9.21. The molecule has 0 amide bonds. The molecule has 1 aromatic rings. The molecule has 0 saturated heterocycles. The van der Waals surface area contributed by atoms with E-state index in [1.54, 1.807) is 7.11 Å². The van der Waals surface area contributed by atoms with Crippen LogP contribution in [0.3, 0.4) is 0 Å². The van der Waals surface area contributed by atoms with Crippen molar-refractivity contribution in [1.82, 2.24) is 0 Å². The second-order valence-electron chi connectivity index (χ2n) is 5.57. The molecule has 2 rings (SSSR count). The van der Waals surface area contributed by atoms with Crippen LogP contribution >= 0.6 is 0 Å². The predicted molar refractivity (Wildman–Crippen MR) is 72.2 cm³/mol. The lowest BCUT2D eigenvalue weighted by atomic mass is 9.64. The molecule has 1 aliphatic rings. The van der Waals surface area contributed by atoms with E-state index in [4.69, 9.17) is 10.5 Å². The number of hydrogen-bond acceptors (Lipinski definition) is 3. The minimum absolute atomic E-state index is 0.159. The van der Waals surface area contributed by atoms with Crippen LogP contribution in [0.2, 0.25) is 0 Å². The van der Waals surface area contributed by atoms with Gasteiger partial charge in [0.15, 0.2) is 0 Å². The molecule has 0 radical (unpaired) electrons. The molecule has 2 unspecified atom stereocenters. The second-order valence-corrected chi connectivity index (χ2v) is 5.57. The van der Waals surface area contributed by atoms with Gasteiger partial charge in [0.25, 0.3) is 0 Å². The molecule has 1 fully saturated rings. The van der Waals surface area contributed by atoms with Crippen LogP contribution in [-0.2, 0) is 4.74 Å². The summed E-state index contributed by atoms with van der Waals surface area (Å²) >= 11 is 0. The van der Waals surface area contributed by atoms with Crippen LogP contribution in [0, 0.1) is 12.3 Å². The molecule has 94 valence electrons. The normalized spacial score (nSPS) is 26.4. The molecule has 1 aliphatic carbocycles. The second kappa shape index (κ2) is 4.22. The number of ether oxygens (including phenoxy) is 1. The number of methoxy groups -OCH3 is 1. The topological polar surface area (TPSA) is 47.3 Å². The maximum atomic E-state index is 6.01. The van der Waals surface area contributed by atoms with Crippen LogP contribution < -0.4 is 11.1 Å². The monoisotopic (exact) mass is 234 g/mol. The average molecular weight is 234 g/mol. The van der Waals surface area contributed by atoms with Crippen molar-refractivity contribution in [2.24, 2.45) is 5.41 Å². The van der Waals surface area contributed by atoms with Crippen molar-refractivity contribution in [1.29, 1.82) is 0 Å². The molecule has 0 spiro atoms. The van der Waals surface area contributed by atoms with Gasteiger partial charge in [-0.15, -0.1) is 0 Å². The molecule has 3 nitrogen and oxygen atoms in total. The Kier molecular flexibility index (Phi) is 3.04. The quantitative estimate of drug-likeness (QED) is 0.791. The van der Waals surface area contributed by atoms with E-state index in [1.807, 2.05) is 13.0 Å². The van der Waals surface area contributed by atoms with Crippen molar-refractivity contribution in [3.05, 3.63) is 23.8 Å². The first kappa shape index (κ1) is 12.2. The minimum Gasteiger partial charge on any atom is -0.397 e. The van der Waals surface area contributed by atoms with E-state index in [0.717, 1.165) is 17.8 Å². The standard InChI is InChI=1S/C14H22N2O/c1-9-5-6-11(10(15)7-9)16-12-8-13(17-4)14(12,2)3/h5-7,12-13,16H,8,15H2,1-4H3. The summed E-state index contributed by atoms with van der Waals surface area (Å²) in [4.78, 5) is 0. The third-order valence-corrected chi connectivity index (χ3v) is 4.00. The van der Waals surface area contributed by atoms with Crippen molar-refractivity contribution in [3.8, 4) is 0 Å². The summed E-state index contributed by atoms with van der Waals surface area (Å²) < 4.78 is 5.45. The molecule has 1 aromatic carbocycles.